The van der Waals surface area contributed by atoms with Crippen LogP contribution in [0.5, 0.6) is 0 Å². The van der Waals surface area contributed by atoms with Crippen molar-refractivity contribution in [2.24, 2.45) is 11.7 Å². The topological polar surface area (TPSA) is 29.3 Å². The van der Waals surface area contributed by atoms with Gasteiger partial charge in [0.05, 0.1) is 0 Å². The minimum atomic E-state index is 0.635. The van der Waals surface area contributed by atoms with E-state index in [1.54, 1.807) is 0 Å². The first-order chi connectivity index (χ1) is 8.60. The fraction of sp³-hybridized carbons (Fsp3) is 0.571. The number of rotatable bonds is 3. The Morgan fingerprint density at radius 2 is 2.22 bits per heavy atom. The van der Waals surface area contributed by atoms with Gasteiger partial charge in [-0.05, 0) is 49.9 Å². The average Bonchev–Trinajstić information content (AvgIpc) is 2.35. The molecule has 1 heterocycles. The lowest BCUT2D eigenvalue weighted by molar-refractivity contribution is 0.113. The lowest BCUT2D eigenvalue weighted by Crippen LogP contribution is -2.43. The molecule has 1 saturated heterocycles. The zero-order valence-electron chi connectivity index (χ0n) is 10.7. The molecule has 1 aromatic rings. The average molecular weight is 332 g/mol. The molecule has 0 amide bonds. The van der Waals surface area contributed by atoms with E-state index in [9.17, 15) is 0 Å². The van der Waals surface area contributed by atoms with Gasteiger partial charge in [0.25, 0.3) is 0 Å². The molecule has 0 spiro atoms. The first kappa shape index (κ1) is 14.3. The van der Waals surface area contributed by atoms with Gasteiger partial charge in [0.1, 0.15) is 0 Å². The van der Waals surface area contributed by atoms with Crippen molar-refractivity contribution in [2.75, 3.05) is 13.1 Å². The van der Waals surface area contributed by atoms with Gasteiger partial charge in [0, 0.05) is 28.6 Å². The number of benzene rings is 1. The molecule has 2 rings (SSSR count). The third-order valence-corrected chi connectivity index (χ3v) is 4.80. The van der Waals surface area contributed by atoms with Crippen LogP contribution in [-0.2, 0) is 6.54 Å². The summed E-state index contributed by atoms with van der Waals surface area (Å²) in [5.74, 6) is 0.646. The number of nitrogens with two attached hydrogens (primary N) is 1. The van der Waals surface area contributed by atoms with Crippen LogP contribution in [0.25, 0.3) is 0 Å². The zero-order valence-corrected chi connectivity index (χ0v) is 13.0. The monoisotopic (exact) mass is 330 g/mol. The van der Waals surface area contributed by atoms with Crippen molar-refractivity contribution in [2.45, 2.75) is 32.4 Å². The Hall–Kier alpha value is -0.0900. The Balaban J connectivity index is 2.07. The first-order valence-corrected chi connectivity index (χ1v) is 7.65. The molecule has 2 atom stereocenters. The van der Waals surface area contributed by atoms with E-state index in [-0.39, 0.29) is 0 Å². The lowest BCUT2D eigenvalue weighted by Gasteiger charge is -2.37. The fourth-order valence-electron chi connectivity index (χ4n) is 2.54. The number of hydrogen-bond acceptors (Lipinski definition) is 2. The van der Waals surface area contributed by atoms with Gasteiger partial charge in [-0.15, -0.1) is 0 Å². The Morgan fingerprint density at radius 1 is 1.44 bits per heavy atom. The SMILES string of the molecule is CC1CCC(CN)CN1Cc1ccc(Cl)cc1Br. The summed E-state index contributed by atoms with van der Waals surface area (Å²) in [5.41, 5.74) is 7.10. The maximum atomic E-state index is 5.97. The zero-order chi connectivity index (χ0) is 13.1. The van der Waals surface area contributed by atoms with E-state index in [0.717, 1.165) is 29.1 Å². The highest BCUT2D eigenvalue weighted by atomic mass is 79.9. The summed E-state index contributed by atoms with van der Waals surface area (Å²) in [7, 11) is 0. The second-order valence-corrected chi connectivity index (χ2v) is 6.48. The smallest absolute Gasteiger partial charge is 0.0417 e. The van der Waals surface area contributed by atoms with Gasteiger partial charge < -0.3 is 5.73 Å². The molecule has 1 aliphatic heterocycles. The Kier molecular flexibility index (Phi) is 5.07. The van der Waals surface area contributed by atoms with Gasteiger partial charge >= 0.3 is 0 Å². The molecule has 1 fully saturated rings. The molecule has 18 heavy (non-hydrogen) atoms. The van der Waals surface area contributed by atoms with Gasteiger partial charge in [-0.3, -0.25) is 4.90 Å². The van der Waals surface area contributed by atoms with Crippen LogP contribution >= 0.6 is 27.5 Å². The Bertz CT molecular complexity index is 411. The van der Waals surface area contributed by atoms with Crippen molar-refractivity contribution < 1.29 is 0 Å². The molecule has 2 nitrogen and oxygen atoms in total. The highest BCUT2D eigenvalue weighted by Crippen LogP contribution is 2.27. The quantitative estimate of drug-likeness (QED) is 0.916. The predicted molar refractivity (Wildman–Crippen MR) is 80.8 cm³/mol. The van der Waals surface area contributed by atoms with Crippen LogP contribution in [0.4, 0.5) is 0 Å². The molecule has 100 valence electrons. The minimum absolute atomic E-state index is 0.635. The molecule has 2 N–H and O–H groups in total. The number of piperidine rings is 1. The number of likely N-dealkylation sites (tertiary alicyclic amines) is 1. The van der Waals surface area contributed by atoms with Crippen LogP contribution in [0.3, 0.4) is 0 Å². The Labute approximate surface area is 123 Å². The van der Waals surface area contributed by atoms with E-state index in [2.05, 4.69) is 33.8 Å². The molecule has 0 radical (unpaired) electrons. The number of hydrogen-bond donors (Lipinski definition) is 1. The fourth-order valence-corrected chi connectivity index (χ4v) is 3.35. The maximum Gasteiger partial charge on any atom is 0.0417 e. The number of halogens is 2. The molecule has 0 aliphatic carbocycles. The molecular weight excluding hydrogens is 312 g/mol. The van der Waals surface area contributed by atoms with E-state index >= 15 is 0 Å². The van der Waals surface area contributed by atoms with E-state index in [1.807, 2.05) is 12.1 Å². The van der Waals surface area contributed by atoms with Crippen molar-refractivity contribution in [3.63, 3.8) is 0 Å². The first-order valence-electron chi connectivity index (χ1n) is 6.48. The van der Waals surface area contributed by atoms with E-state index in [0.29, 0.717) is 12.0 Å². The summed E-state index contributed by atoms with van der Waals surface area (Å²) in [4.78, 5) is 2.52. The molecule has 1 aromatic carbocycles. The summed E-state index contributed by atoms with van der Waals surface area (Å²) in [6.07, 6.45) is 2.50. The molecule has 0 bridgehead atoms. The molecule has 2 unspecified atom stereocenters. The van der Waals surface area contributed by atoms with Gasteiger partial charge in [0.2, 0.25) is 0 Å². The van der Waals surface area contributed by atoms with Gasteiger partial charge in [-0.2, -0.15) is 0 Å². The highest BCUT2D eigenvalue weighted by molar-refractivity contribution is 9.10. The van der Waals surface area contributed by atoms with Gasteiger partial charge in [0.15, 0.2) is 0 Å². The highest BCUT2D eigenvalue weighted by Gasteiger charge is 2.24. The van der Waals surface area contributed by atoms with E-state index in [1.165, 1.54) is 18.4 Å². The third kappa shape index (κ3) is 3.47. The van der Waals surface area contributed by atoms with Crippen LogP contribution in [0.2, 0.25) is 5.02 Å². The Morgan fingerprint density at radius 3 is 2.89 bits per heavy atom. The summed E-state index contributed by atoms with van der Waals surface area (Å²) in [5, 5.41) is 0.775. The molecule has 4 heteroatoms. The van der Waals surface area contributed by atoms with Crippen LogP contribution < -0.4 is 5.73 Å². The van der Waals surface area contributed by atoms with Crippen molar-refractivity contribution in [3.05, 3.63) is 33.3 Å². The molecule has 0 aromatic heterocycles. The predicted octanol–water partition coefficient (Wildman–Crippen LogP) is 3.66. The lowest BCUT2D eigenvalue weighted by atomic mass is 9.93. The molecular formula is C14H20BrClN2. The second kappa shape index (κ2) is 6.38. The summed E-state index contributed by atoms with van der Waals surface area (Å²) in [6.45, 7) is 5.17. The summed E-state index contributed by atoms with van der Waals surface area (Å²) < 4.78 is 1.09. The second-order valence-electron chi connectivity index (χ2n) is 5.19. The summed E-state index contributed by atoms with van der Waals surface area (Å²) >= 11 is 9.56. The van der Waals surface area contributed by atoms with E-state index < -0.39 is 0 Å². The number of nitrogens with zero attached hydrogens (tertiary/aromatic N) is 1. The van der Waals surface area contributed by atoms with Crippen LogP contribution in [0.15, 0.2) is 22.7 Å². The minimum Gasteiger partial charge on any atom is -0.330 e. The molecule has 1 aliphatic rings. The van der Waals surface area contributed by atoms with Gasteiger partial charge in [-0.1, -0.05) is 33.6 Å². The normalized spacial score (nSPS) is 25.3. The van der Waals surface area contributed by atoms with Crippen molar-refractivity contribution >= 4 is 27.5 Å². The van der Waals surface area contributed by atoms with E-state index in [4.69, 9.17) is 17.3 Å². The van der Waals surface area contributed by atoms with Crippen LogP contribution in [-0.4, -0.2) is 24.0 Å². The van der Waals surface area contributed by atoms with Crippen LogP contribution in [0.1, 0.15) is 25.3 Å². The maximum absolute atomic E-state index is 5.97. The largest absolute Gasteiger partial charge is 0.330 e. The van der Waals surface area contributed by atoms with Crippen molar-refractivity contribution in [1.82, 2.24) is 4.90 Å². The molecule has 0 saturated carbocycles. The van der Waals surface area contributed by atoms with Crippen LogP contribution in [0, 0.1) is 5.92 Å². The van der Waals surface area contributed by atoms with Crippen molar-refractivity contribution in [1.29, 1.82) is 0 Å². The third-order valence-electron chi connectivity index (χ3n) is 3.83. The van der Waals surface area contributed by atoms with Gasteiger partial charge in [-0.25, -0.2) is 0 Å². The standard InChI is InChI=1S/C14H20BrClN2/c1-10-2-3-11(7-17)8-18(10)9-12-4-5-13(16)6-14(12)15/h4-6,10-11H,2-3,7-9,17H2,1H3. The van der Waals surface area contributed by atoms with Crippen molar-refractivity contribution in [3.8, 4) is 0 Å². The summed E-state index contributed by atoms with van der Waals surface area (Å²) in [6, 6.07) is 6.66.